The van der Waals surface area contributed by atoms with Crippen LogP contribution in [0, 0.1) is 0 Å². The molecule has 122 valence electrons. The predicted octanol–water partition coefficient (Wildman–Crippen LogP) is 2.29. The van der Waals surface area contributed by atoms with Gasteiger partial charge in [-0.25, -0.2) is 0 Å². The molecule has 2 N–H and O–H groups in total. The summed E-state index contributed by atoms with van der Waals surface area (Å²) in [5.41, 5.74) is 0.709. The Kier molecular flexibility index (Phi) is 5.46. The summed E-state index contributed by atoms with van der Waals surface area (Å²) in [5.74, 6) is -1.52. The fraction of sp³-hybridized carbons (Fsp3) is 0.0556. The van der Waals surface area contributed by atoms with Crippen molar-refractivity contribution < 1.29 is 24.2 Å². The largest absolute Gasteiger partial charge is 0.507 e. The maximum absolute atomic E-state index is 11.9. The molecule has 2 aromatic rings. The number of carbonyl (C=O) groups excluding carboxylic acids is 3. The minimum absolute atomic E-state index is 0.0185. The number of imide groups is 1. The van der Waals surface area contributed by atoms with Gasteiger partial charge in [0.25, 0.3) is 11.8 Å². The van der Waals surface area contributed by atoms with Gasteiger partial charge in [-0.3, -0.25) is 19.7 Å². The van der Waals surface area contributed by atoms with E-state index in [1.54, 1.807) is 36.4 Å². The molecule has 0 atom stereocenters. The smallest absolute Gasteiger partial charge is 0.308 e. The molecule has 0 unspecified atom stereocenters. The second-order valence-electron chi connectivity index (χ2n) is 4.83. The molecule has 0 fully saturated rings. The number of para-hydroxylation sites is 1. The number of amides is 2. The fourth-order valence-electron chi connectivity index (χ4n) is 1.87. The van der Waals surface area contributed by atoms with Gasteiger partial charge in [-0.05, 0) is 35.9 Å². The fourth-order valence-corrected chi connectivity index (χ4v) is 1.87. The average Bonchev–Trinajstić information content (AvgIpc) is 2.54. The van der Waals surface area contributed by atoms with Crippen LogP contribution < -0.4 is 10.1 Å². The highest BCUT2D eigenvalue weighted by Crippen LogP contribution is 2.15. The van der Waals surface area contributed by atoms with E-state index < -0.39 is 17.8 Å². The lowest BCUT2D eigenvalue weighted by atomic mass is 10.2. The zero-order valence-corrected chi connectivity index (χ0v) is 12.9. The van der Waals surface area contributed by atoms with Crippen LogP contribution in [0.25, 0.3) is 6.08 Å². The van der Waals surface area contributed by atoms with Crippen molar-refractivity contribution in [2.45, 2.75) is 6.92 Å². The van der Waals surface area contributed by atoms with E-state index in [1.807, 2.05) is 0 Å². The van der Waals surface area contributed by atoms with Crippen LogP contribution in [-0.2, 0) is 9.59 Å². The summed E-state index contributed by atoms with van der Waals surface area (Å²) >= 11 is 0. The van der Waals surface area contributed by atoms with Crippen LogP contribution in [0.4, 0.5) is 0 Å². The van der Waals surface area contributed by atoms with Crippen molar-refractivity contribution in [3.05, 3.63) is 65.7 Å². The molecule has 2 rings (SSSR count). The second kappa shape index (κ2) is 7.73. The molecule has 0 aromatic heterocycles. The molecule has 2 amide bonds. The van der Waals surface area contributed by atoms with E-state index in [1.165, 1.54) is 31.2 Å². The van der Waals surface area contributed by atoms with Crippen molar-refractivity contribution in [2.75, 3.05) is 0 Å². The molecule has 24 heavy (non-hydrogen) atoms. The zero-order valence-electron chi connectivity index (χ0n) is 12.9. The lowest BCUT2D eigenvalue weighted by molar-refractivity contribution is -0.131. The predicted molar refractivity (Wildman–Crippen MR) is 87.4 cm³/mol. The van der Waals surface area contributed by atoms with Gasteiger partial charge in [0.05, 0.1) is 5.56 Å². The molecular formula is C18H15NO5. The molecule has 0 bridgehead atoms. The average molecular weight is 325 g/mol. The van der Waals surface area contributed by atoms with Crippen LogP contribution in [-0.4, -0.2) is 22.9 Å². The molecule has 2 aromatic carbocycles. The minimum atomic E-state index is -0.687. The van der Waals surface area contributed by atoms with E-state index in [4.69, 9.17) is 4.74 Å². The normalized spacial score (nSPS) is 10.4. The summed E-state index contributed by atoms with van der Waals surface area (Å²) in [6.07, 6.45) is 2.70. The number of phenols is 1. The number of hydrogen-bond acceptors (Lipinski definition) is 5. The van der Waals surface area contributed by atoms with Crippen molar-refractivity contribution in [1.29, 1.82) is 0 Å². The number of nitrogens with one attached hydrogen (secondary N) is 1. The first-order valence-corrected chi connectivity index (χ1v) is 7.05. The van der Waals surface area contributed by atoms with E-state index in [0.29, 0.717) is 11.3 Å². The van der Waals surface area contributed by atoms with Crippen LogP contribution in [0.15, 0.2) is 54.6 Å². The van der Waals surface area contributed by atoms with Crippen LogP contribution in [0.3, 0.4) is 0 Å². The van der Waals surface area contributed by atoms with Gasteiger partial charge < -0.3 is 9.84 Å². The third-order valence-corrected chi connectivity index (χ3v) is 2.95. The molecule has 0 heterocycles. The molecule has 0 aliphatic carbocycles. The molecule has 6 heteroatoms. The number of ether oxygens (including phenoxy) is 1. The summed E-state index contributed by atoms with van der Waals surface area (Å²) in [4.78, 5) is 34.4. The maximum Gasteiger partial charge on any atom is 0.308 e. The van der Waals surface area contributed by atoms with Crippen molar-refractivity contribution in [3.63, 3.8) is 0 Å². The van der Waals surface area contributed by atoms with Gasteiger partial charge in [0.1, 0.15) is 11.5 Å². The number of aromatic hydroxyl groups is 1. The van der Waals surface area contributed by atoms with Gasteiger partial charge in [0.2, 0.25) is 0 Å². The molecule has 0 saturated heterocycles. The van der Waals surface area contributed by atoms with Crippen LogP contribution in [0.2, 0.25) is 0 Å². The number of rotatable bonds is 4. The summed E-state index contributed by atoms with van der Waals surface area (Å²) in [5, 5.41) is 11.7. The SMILES string of the molecule is CC(=O)Oc1ccc(C=CC(=O)NC(=O)c2ccccc2O)cc1. The highest BCUT2D eigenvalue weighted by Gasteiger charge is 2.11. The van der Waals surface area contributed by atoms with Crippen molar-refractivity contribution >= 4 is 23.9 Å². The first kappa shape index (κ1) is 17.0. The van der Waals surface area contributed by atoms with Crippen LogP contribution in [0.5, 0.6) is 11.5 Å². The molecular weight excluding hydrogens is 310 g/mol. The van der Waals surface area contributed by atoms with Gasteiger partial charge in [-0.2, -0.15) is 0 Å². The van der Waals surface area contributed by atoms with Crippen LogP contribution in [0.1, 0.15) is 22.8 Å². The van der Waals surface area contributed by atoms with Gasteiger partial charge in [-0.1, -0.05) is 24.3 Å². The number of hydrogen-bond donors (Lipinski definition) is 2. The Bertz CT molecular complexity index is 793. The topological polar surface area (TPSA) is 92.7 Å². The molecule has 0 radical (unpaired) electrons. The van der Waals surface area contributed by atoms with E-state index in [-0.39, 0.29) is 11.3 Å². The number of phenolic OH excluding ortho intramolecular Hbond substituents is 1. The zero-order chi connectivity index (χ0) is 17.5. The van der Waals surface area contributed by atoms with E-state index in [0.717, 1.165) is 0 Å². The van der Waals surface area contributed by atoms with Gasteiger partial charge in [0.15, 0.2) is 0 Å². The Morgan fingerprint density at radius 2 is 1.71 bits per heavy atom. The van der Waals surface area contributed by atoms with Crippen molar-refractivity contribution in [1.82, 2.24) is 5.32 Å². The molecule has 0 aliphatic rings. The Hall–Kier alpha value is -3.41. The standard InChI is InChI=1S/C18H15NO5/c1-12(20)24-14-9-6-13(7-10-14)8-11-17(22)19-18(23)15-4-2-3-5-16(15)21/h2-11,21H,1H3,(H,19,22,23). The highest BCUT2D eigenvalue weighted by molar-refractivity contribution is 6.10. The summed E-state index contributed by atoms with van der Waals surface area (Å²) < 4.78 is 4.90. The minimum Gasteiger partial charge on any atom is -0.507 e. The lowest BCUT2D eigenvalue weighted by Gasteiger charge is -2.03. The van der Waals surface area contributed by atoms with Crippen molar-refractivity contribution in [3.8, 4) is 11.5 Å². The Labute approximate surface area is 138 Å². The third-order valence-electron chi connectivity index (χ3n) is 2.95. The monoisotopic (exact) mass is 325 g/mol. The van der Waals surface area contributed by atoms with Gasteiger partial charge in [-0.15, -0.1) is 0 Å². The van der Waals surface area contributed by atoms with E-state index in [2.05, 4.69) is 5.32 Å². The van der Waals surface area contributed by atoms with Crippen LogP contribution >= 0.6 is 0 Å². The third kappa shape index (κ3) is 4.81. The molecule has 6 nitrogen and oxygen atoms in total. The number of carbonyl (C=O) groups is 3. The molecule has 0 saturated carbocycles. The Morgan fingerprint density at radius 3 is 2.33 bits per heavy atom. The highest BCUT2D eigenvalue weighted by atomic mass is 16.5. The first-order valence-electron chi connectivity index (χ1n) is 7.05. The number of esters is 1. The first-order chi connectivity index (χ1) is 11.5. The Balaban J connectivity index is 1.96. The summed E-state index contributed by atoms with van der Waals surface area (Å²) in [6, 6.07) is 12.4. The quantitative estimate of drug-likeness (QED) is 0.511. The maximum atomic E-state index is 11.9. The Morgan fingerprint density at radius 1 is 1.04 bits per heavy atom. The molecule has 0 aliphatic heterocycles. The van der Waals surface area contributed by atoms with Gasteiger partial charge >= 0.3 is 5.97 Å². The summed E-state index contributed by atoms with van der Waals surface area (Å²) in [6.45, 7) is 1.31. The second-order valence-corrected chi connectivity index (χ2v) is 4.83. The lowest BCUT2D eigenvalue weighted by Crippen LogP contribution is -2.28. The van der Waals surface area contributed by atoms with E-state index in [9.17, 15) is 19.5 Å². The van der Waals surface area contributed by atoms with Crippen molar-refractivity contribution in [2.24, 2.45) is 0 Å². The van der Waals surface area contributed by atoms with Gasteiger partial charge in [0, 0.05) is 13.0 Å². The molecule has 0 spiro atoms. The number of benzene rings is 2. The van der Waals surface area contributed by atoms with E-state index >= 15 is 0 Å². The summed E-state index contributed by atoms with van der Waals surface area (Å²) in [7, 11) is 0.